The first-order chi connectivity index (χ1) is 14.5. The number of aryl methyl sites for hydroxylation is 1. The van der Waals surface area contributed by atoms with Crippen molar-refractivity contribution in [1.82, 2.24) is 14.5 Å². The molecular weight excluding hydrogens is 394 g/mol. The monoisotopic (exact) mass is 423 g/mol. The zero-order valence-corrected chi connectivity index (χ0v) is 18.8. The van der Waals surface area contributed by atoms with E-state index in [4.69, 9.17) is 16.6 Å². The molecule has 1 fully saturated rings. The minimum Gasteiger partial charge on any atom is -0.301 e. The van der Waals surface area contributed by atoms with Crippen LogP contribution in [-0.2, 0) is 13.0 Å². The van der Waals surface area contributed by atoms with Crippen LogP contribution in [0.3, 0.4) is 0 Å². The highest BCUT2D eigenvalue weighted by Crippen LogP contribution is 2.25. The van der Waals surface area contributed by atoms with Crippen molar-refractivity contribution in [3.8, 4) is 11.1 Å². The summed E-state index contributed by atoms with van der Waals surface area (Å²) in [5, 5.41) is 1.40. The summed E-state index contributed by atoms with van der Waals surface area (Å²) in [4.78, 5) is 20.9. The molecule has 0 spiro atoms. The molecular formula is C25H30ClN3O. The minimum atomic E-state index is 0.0781. The van der Waals surface area contributed by atoms with Crippen molar-refractivity contribution in [2.75, 3.05) is 13.1 Å². The Morgan fingerprint density at radius 1 is 1.13 bits per heavy atom. The van der Waals surface area contributed by atoms with Crippen LogP contribution in [0.4, 0.5) is 0 Å². The molecule has 1 aliphatic rings. The molecule has 1 aromatic heterocycles. The van der Waals surface area contributed by atoms with E-state index in [-0.39, 0.29) is 5.56 Å². The Morgan fingerprint density at radius 3 is 2.57 bits per heavy atom. The van der Waals surface area contributed by atoms with E-state index in [1.54, 1.807) is 0 Å². The zero-order valence-electron chi connectivity index (χ0n) is 18.1. The van der Waals surface area contributed by atoms with Gasteiger partial charge in [0.2, 0.25) is 0 Å². The summed E-state index contributed by atoms with van der Waals surface area (Å²) in [5.74, 6) is 1.37. The van der Waals surface area contributed by atoms with Gasteiger partial charge in [-0.1, -0.05) is 36.7 Å². The van der Waals surface area contributed by atoms with Crippen LogP contribution in [0, 0.1) is 5.92 Å². The van der Waals surface area contributed by atoms with Crippen molar-refractivity contribution >= 4 is 22.5 Å². The average molecular weight is 424 g/mol. The van der Waals surface area contributed by atoms with E-state index in [0.717, 1.165) is 48.5 Å². The lowest BCUT2D eigenvalue weighted by Crippen LogP contribution is -2.42. The number of piperidine rings is 1. The molecule has 3 aromatic rings. The van der Waals surface area contributed by atoms with E-state index in [9.17, 15) is 4.79 Å². The van der Waals surface area contributed by atoms with Crippen LogP contribution in [0.1, 0.15) is 39.4 Å². The van der Waals surface area contributed by atoms with Crippen LogP contribution in [0.25, 0.3) is 22.0 Å². The van der Waals surface area contributed by atoms with Crippen LogP contribution < -0.4 is 5.56 Å². The van der Waals surface area contributed by atoms with Gasteiger partial charge in [0, 0.05) is 30.6 Å². The average Bonchev–Trinajstić information content (AvgIpc) is 2.76. The molecule has 0 N–H and O–H groups in total. The van der Waals surface area contributed by atoms with Crippen LogP contribution in [-0.4, -0.2) is 33.6 Å². The molecule has 1 aliphatic heterocycles. The molecule has 0 radical (unpaired) electrons. The van der Waals surface area contributed by atoms with E-state index in [1.807, 2.05) is 47.0 Å². The van der Waals surface area contributed by atoms with Gasteiger partial charge in [0.1, 0.15) is 5.82 Å². The second-order valence-corrected chi connectivity index (χ2v) is 9.07. The van der Waals surface area contributed by atoms with Gasteiger partial charge in [-0.2, -0.15) is 0 Å². The molecule has 5 heteroatoms. The Morgan fingerprint density at radius 2 is 1.87 bits per heavy atom. The first-order valence-corrected chi connectivity index (χ1v) is 11.4. The topological polar surface area (TPSA) is 38.1 Å². The van der Waals surface area contributed by atoms with Gasteiger partial charge in [0.25, 0.3) is 5.56 Å². The third-order valence-corrected chi connectivity index (χ3v) is 6.50. The van der Waals surface area contributed by atoms with Crippen molar-refractivity contribution in [3.63, 3.8) is 0 Å². The van der Waals surface area contributed by atoms with Gasteiger partial charge in [0.05, 0.1) is 10.9 Å². The summed E-state index contributed by atoms with van der Waals surface area (Å²) in [6.45, 7) is 9.54. The molecule has 4 rings (SSSR count). The predicted octanol–water partition coefficient (Wildman–Crippen LogP) is 5.40. The van der Waals surface area contributed by atoms with Gasteiger partial charge in [-0.05, 0) is 74.5 Å². The molecule has 0 aliphatic carbocycles. The highest BCUT2D eigenvalue weighted by Gasteiger charge is 2.23. The quantitative estimate of drug-likeness (QED) is 0.551. The Balaban J connectivity index is 1.72. The van der Waals surface area contributed by atoms with Crippen molar-refractivity contribution < 1.29 is 0 Å². The maximum absolute atomic E-state index is 13.5. The van der Waals surface area contributed by atoms with Gasteiger partial charge in [-0.3, -0.25) is 9.36 Å². The molecule has 0 amide bonds. The van der Waals surface area contributed by atoms with E-state index in [1.165, 1.54) is 12.8 Å². The fourth-order valence-corrected chi connectivity index (χ4v) is 4.65. The summed E-state index contributed by atoms with van der Waals surface area (Å²) >= 11 is 6.03. The summed E-state index contributed by atoms with van der Waals surface area (Å²) < 4.78 is 1.93. The van der Waals surface area contributed by atoms with Gasteiger partial charge in [0.15, 0.2) is 0 Å². The third-order valence-electron chi connectivity index (χ3n) is 6.25. The molecule has 2 heterocycles. The lowest BCUT2D eigenvalue weighted by molar-refractivity contribution is 0.129. The van der Waals surface area contributed by atoms with Crippen LogP contribution in [0.15, 0.2) is 47.3 Å². The maximum atomic E-state index is 13.5. The molecule has 158 valence electrons. The van der Waals surface area contributed by atoms with Gasteiger partial charge >= 0.3 is 0 Å². The normalized spacial score (nSPS) is 17.7. The number of nitrogens with zero attached hydrogens (tertiary/aromatic N) is 3. The number of likely N-dealkylation sites (tertiary alicyclic amines) is 1. The number of benzene rings is 2. The lowest BCUT2D eigenvalue weighted by Gasteiger charge is -2.35. The molecule has 0 bridgehead atoms. The van der Waals surface area contributed by atoms with E-state index in [2.05, 4.69) is 25.7 Å². The van der Waals surface area contributed by atoms with Crippen LogP contribution in [0.2, 0.25) is 5.02 Å². The Labute approximate surface area is 183 Å². The van der Waals surface area contributed by atoms with Crippen LogP contribution in [0.5, 0.6) is 0 Å². The van der Waals surface area contributed by atoms with Crippen molar-refractivity contribution in [1.29, 1.82) is 0 Å². The van der Waals surface area contributed by atoms with Crippen molar-refractivity contribution in [3.05, 3.63) is 63.7 Å². The standard InChI is InChI=1S/C25H30ClN3O/c1-4-24-27-23-12-9-20(19-7-10-21(26)11-8-19)14-22(23)25(30)29(24)16-18-6-5-13-28(15-18)17(2)3/h7-12,14,17-18H,4-6,13,15-16H2,1-3H3/t18-/m0/s1. The Hall–Kier alpha value is -2.17. The fourth-order valence-electron chi connectivity index (χ4n) is 4.52. The number of rotatable bonds is 5. The summed E-state index contributed by atoms with van der Waals surface area (Å²) in [7, 11) is 0. The third kappa shape index (κ3) is 4.30. The Kier molecular flexibility index (Phi) is 6.26. The maximum Gasteiger partial charge on any atom is 0.261 e. The highest BCUT2D eigenvalue weighted by molar-refractivity contribution is 6.30. The second-order valence-electron chi connectivity index (χ2n) is 8.63. The molecule has 0 saturated carbocycles. The Bertz CT molecular complexity index is 1090. The van der Waals surface area contributed by atoms with Crippen molar-refractivity contribution in [2.45, 2.75) is 52.6 Å². The molecule has 0 unspecified atom stereocenters. The first kappa shape index (κ1) is 21.1. The van der Waals surface area contributed by atoms with Gasteiger partial charge in [-0.25, -0.2) is 4.98 Å². The van der Waals surface area contributed by atoms with Gasteiger partial charge in [-0.15, -0.1) is 0 Å². The number of aromatic nitrogens is 2. The van der Waals surface area contributed by atoms with E-state index < -0.39 is 0 Å². The minimum absolute atomic E-state index is 0.0781. The van der Waals surface area contributed by atoms with E-state index >= 15 is 0 Å². The number of hydrogen-bond acceptors (Lipinski definition) is 3. The number of halogens is 1. The SMILES string of the molecule is CCc1nc2ccc(-c3ccc(Cl)cc3)cc2c(=O)n1C[C@H]1CCCN(C(C)C)C1. The van der Waals surface area contributed by atoms with Gasteiger partial charge < -0.3 is 4.90 Å². The second kappa shape index (κ2) is 8.91. The molecule has 30 heavy (non-hydrogen) atoms. The largest absolute Gasteiger partial charge is 0.301 e. The molecule has 1 saturated heterocycles. The first-order valence-electron chi connectivity index (χ1n) is 11.0. The highest BCUT2D eigenvalue weighted by atomic mass is 35.5. The van der Waals surface area contributed by atoms with E-state index in [0.29, 0.717) is 22.4 Å². The summed E-state index contributed by atoms with van der Waals surface area (Å²) in [6, 6.07) is 14.2. The molecule has 4 nitrogen and oxygen atoms in total. The fraction of sp³-hybridized carbons (Fsp3) is 0.440. The summed E-state index contributed by atoms with van der Waals surface area (Å²) in [6.07, 6.45) is 3.12. The molecule has 2 aromatic carbocycles. The lowest BCUT2D eigenvalue weighted by atomic mass is 9.96. The smallest absolute Gasteiger partial charge is 0.261 e. The molecule has 1 atom stereocenters. The summed E-state index contributed by atoms with van der Waals surface area (Å²) in [5.41, 5.74) is 2.91. The zero-order chi connectivity index (χ0) is 21.3. The number of fused-ring (bicyclic) bond motifs is 1. The van der Waals surface area contributed by atoms with Crippen LogP contribution >= 0.6 is 11.6 Å². The number of hydrogen-bond donors (Lipinski definition) is 0. The predicted molar refractivity (Wildman–Crippen MR) is 125 cm³/mol. The van der Waals surface area contributed by atoms with Crippen molar-refractivity contribution in [2.24, 2.45) is 5.92 Å².